The Morgan fingerprint density at radius 1 is 1.00 bits per heavy atom. The van der Waals surface area contributed by atoms with Crippen molar-refractivity contribution in [1.82, 2.24) is 10.2 Å². The van der Waals surface area contributed by atoms with Crippen LogP contribution in [0.15, 0.2) is 48.5 Å². The number of carboxylic acid groups (broad SMARTS) is 1. The van der Waals surface area contributed by atoms with Gasteiger partial charge in [-0.25, -0.2) is 4.79 Å². The molecular formula is C28H34N2O5. The molecule has 2 atom stereocenters. The molecule has 4 rings (SSSR count). The molecule has 2 aliphatic rings. The fraction of sp³-hybridized carbons (Fsp3) is 0.464. The summed E-state index contributed by atoms with van der Waals surface area (Å²) >= 11 is 0. The van der Waals surface area contributed by atoms with E-state index < -0.39 is 12.1 Å². The number of benzene rings is 2. The number of likely N-dealkylation sites (tertiary alicyclic amines) is 1. The first kappa shape index (κ1) is 24.8. The minimum atomic E-state index is -0.770. The van der Waals surface area contributed by atoms with Gasteiger partial charge in [-0.1, -0.05) is 61.9 Å². The summed E-state index contributed by atoms with van der Waals surface area (Å²) < 4.78 is 5.55. The number of aliphatic carboxylic acids is 1. The SMILES string of the molecule is CC1CN(C(=O)CCCCCNC(=O)OCC2c3ccccc3-c3ccccc32)CCC1C(=O)O. The highest BCUT2D eigenvalue weighted by atomic mass is 16.5. The van der Waals surface area contributed by atoms with Gasteiger partial charge in [-0.3, -0.25) is 9.59 Å². The Bertz CT molecular complexity index is 1020. The predicted molar refractivity (Wildman–Crippen MR) is 133 cm³/mol. The van der Waals surface area contributed by atoms with Crippen LogP contribution in [0, 0.1) is 11.8 Å². The molecule has 1 aliphatic heterocycles. The molecule has 0 spiro atoms. The molecule has 1 saturated heterocycles. The number of carbonyl (C=O) groups is 3. The first-order valence-electron chi connectivity index (χ1n) is 12.5. The maximum atomic E-state index is 12.4. The fourth-order valence-corrected chi connectivity index (χ4v) is 5.31. The van der Waals surface area contributed by atoms with E-state index in [0.29, 0.717) is 39.1 Å². The van der Waals surface area contributed by atoms with Crippen LogP contribution in [0.5, 0.6) is 0 Å². The predicted octanol–water partition coefficient (Wildman–Crippen LogP) is 4.65. The van der Waals surface area contributed by atoms with Gasteiger partial charge in [0.05, 0.1) is 5.92 Å². The zero-order valence-corrected chi connectivity index (χ0v) is 20.2. The second-order valence-electron chi connectivity index (χ2n) is 9.61. The van der Waals surface area contributed by atoms with Crippen LogP contribution in [0.3, 0.4) is 0 Å². The molecule has 1 fully saturated rings. The summed E-state index contributed by atoms with van der Waals surface area (Å²) in [5.41, 5.74) is 4.78. The maximum Gasteiger partial charge on any atom is 0.407 e. The summed E-state index contributed by atoms with van der Waals surface area (Å²) in [5, 5.41) is 12.0. The van der Waals surface area contributed by atoms with E-state index in [1.54, 1.807) is 4.90 Å². The summed E-state index contributed by atoms with van der Waals surface area (Å²) in [7, 11) is 0. The highest BCUT2D eigenvalue weighted by Gasteiger charge is 2.32. The Kier molecular flexibility index (Phi) is 8.06. The first-order chi connectivity index (χ1) is 17.0. The molecule has 0 bridgehead atoms. The quantitative estimate of drug-likeness (QED) is 0.511. The zero-order chi connectivity index (χ0) is 24.8. The van der Waals surface area contributed by atoms with Crippen LogP contribution in [-0.4, -0.2) is 54.2 Å². The summed E-state index contributed by atoms with van der Waals surface area (Å²) in [6.07, 6.45) is 2.91. The van der Waals surface area contributed by atoms with E-state index in [1.807, 2.05) is 31.2 Å². The van der Waals surface area contributed by atoms with Crippen LogP contribution in [0.4, 0.5) is 4.79 Å². The number of fused-ring (bicyclic) bond motifs is 3. The van der Waals surface area contributed by atoms with E-state index in [1.165, 1.54) is 22.3 Å². The molecule has 2 aromatic carbocycles. The maximum absolute atomic E-state index is 12.4. The topological polar surface area (TPSA) is 95.9 Å². The number of carboxylic acids is 1. The number of nitrogens with one attached hydrogen (secondary N) is 1. The van der Waals surface area contributed by atoms with Crippen molar-refractivity contribution in [3.8, 4) is 11.1 Å². The monoisotopic (exact) mass is 478 g/mol. The first-order valence-corrected chi connectivity index (χ1v) is 12.5. The molecular weight excluding hydrogens is 444 g/mol. The van der Waals surface area contributed by atoms with Gasteiger partial charge in [-0.15, -0.1) is 0 Å². The standard InChI is InChI=1S/C28H34N2O5/c1-19-17-30(16-14-20(19)27(32)33)26(31)13-3-2-8-15-29-28(34)35-18-25-23-11-6-4-9-21(23)22-10-5-7-12-24(22)25/h4-7,9-12,19-20,25H,2-3,8,13-18H2,1H3,(H,29,34)(H,32,33). The third-order valence-corrected chi connectivity index (χ3v) is 7.26. The second kappa shape index (κ2) is 11.4. The normalized spacial score (nSPS) is 19.1. The Labute approximate surface area is 206 Å². The molecule has 1 aliphatic carbocycles. The third kappa shape index (κ3) is 5.84. The van der Waals surface area contributed by atoms with E-state index in [0.717, 1.165) is 19.3 Å². The van der Waals surface area contributed by atoms with Crippen LogP contribution >= 0.6 is 0 Å². The number of nitrogens with zero attached hydrogens (tertiary/aromatic N) is 1. The summed E-state index contributed by atoms with van der Waals surface area (Å²) in [5.74, 6) is -1.02. The Morgan fingerprint density at radius 2 is 1.66 bits per heavy atom. The molecule has 1 heterocycles. The molecule has 7 heteroatoms. The number of carbonyl (C=O) groups excluding carboxylic acids is 2. The number of hydrogen-bond acceptors (Lipinski definition) is 4. The highest BCUT2D eigenvalue weighted by molar-refractivity contribution is 5.79. The molecule has 0 radical (unpaired) electrons. The van der Waals surface area contributed by atoms with E-state index >= 15 is 0 Å². The van der Waals surface area contributed by atoms with Crippen molar-refractivity contribution >= 4 is 18.0 Å². The number of alkyl carbamates (subject to hydrolysis) is 1. The molecule has 2 N–H and O–H groups in total. The van der Waals surface area contributed by atoms with Gasteiger partial charge in [-0.2, -0.15) is 0 Å². The number of rotatable bonds is 9. The van der Waals surface area contributed by atoms with Crippen LogP contribution in [-0.2, 0) is 14.3 Å². The largest absolute Gasteiger partial charge is 0.481 e. The number of unbranched alkanes of at least 4 members (excludes halogenated alkanes) is 2. The van der Waals surface area contributed by atoms with Crippen molar-refractivity contribution in [3.63, 3.8) is 0 Å². The van der Waals surface area contributed by atoms with Gasteiger partial charge in [0, 0.05) is 32.0 Å². The molecule has 0 aromatic heterocycles. The van der Waals surface area contributed by atoms with Crippen LogP contribution in [0.1, 0.15) is 56.1 Å². The molecule has 7 nitrogen and oxygen atoms in total. The van der Waals surface area contributed by atoms with Crippen LogP contribution < -0.4 is 5.32 Å². The van der Waals surface area contributed by atoms with Crippen LogP contribution in [0.25, 0.3) is 11.1 Å². The van der Waals surface area contributed by atoms with Crippen molar-refractivity contribution < 1.29 is 24.2 Å². The van der Waals surface area contributed by atoms with E-state index in [2.05, 4.69) is 29.6 Å². The number of amides is 2. The van der Waals surface area contributed by atoms with E-state index in [9.17, 15) is 19.5 Å². The third-order valence-electron chi connectivity index (χ3n) is 7.26. The molecule has 2 amide bonds. The Morgan fingerprint density at radius 3 is 2.29 bits per heavy atom. The molecule has 186 valence electrons. The minimum Gasteiger partial charge on any atom is -0.481 e. The van der Waals surface area contributed by atoms with Crippen molar-refractivity contribution in [1.29, 1.82) is 0 Å². The number of ether oxygens (including phenoxy) is 1. The van der Waals surface area contributed by atoms with Gasteiger partial charge in [0.1, 0.15) is 6.61 Å². The Hall–Kier alpha value is -3.35. The van der Waals surface area contributed by atoms with E-state index in [4.69, 9.17) is 4.74 Å². The lowest BCUT2D eigenvalue weighted by Crippen LogP contribution is -2.44. The van der Waals surface area contributed by atoms with E-state index in [-0.39, 0.29) is 23.7 Å². The van der Waals surface area contributed by atoms with Gasteiger partial charge in [0.15, 0.2) is 0 Å². The lowest BCUT2D eigenvalue weighted by atomic mass is 9.87. The number of piperidine rings is 1. The molecule has 2 unspecified atom stereocenters. The summed E-state index contributed by atoms with van der Waals surface area (Å²) in [6, 6.07) is 16.5. The average Bonchev–Trinajstić information content (AvgIpc) is 3.18. The summed E-state index contributed by atoms with van der Waals surface area (Å²) in [6.45, 7) is 3.73. The van der Waals surface area contributed by atoms with Gasteiger partial charge in [0.25, 0.3) is 0 Å². The molecule has 35 heavy (non-hydrogen) atoms. The van der Waals surface area contributed by atoms with Crippen molar-refractivity contribution in [3.05, 3.63) is 59.7 Å². The van der Waals surface area contributed by atoms with Crippen molar-refractivity contribution in [2.45, 2.75) is 44.9 Å². The highest BCUT2D eigenvalue weighted by Crippen LogP contribution is 2.44. The smallest absolute Gasteiger partial charge is 0.407 e. The zero-order valence-electron chi connectivity index (χ0n) is 20.2. The fourth-order valence-electron chi connectivity index (χ4n) is 5.31. The van der Waals surface area contributed by atoms with Crippen molar-refractivity contribution in [2.75, 3.05) is 26.2 Å². The average molecular weight is 479 g/mol. The van der Waals surface area contributed by atoms with Crippen molar-refractivity contribution in [2.24, 2.45) is 11.8 Å². The van der Waals surface area contributed by atoms with Gasteiger partial charge in [0.2, 0.25) is 5.91 Å². The summed E-state index contributed by atoms with van der Waals surface area (Å²) in [4.78, 5) is 37.7. The Balaban J connectivity index is 1.12. The van der Waals surface area contributed by atoms with Gasteiger partial charge < -0.3 is 20.1 Å². The lowest BCUT2D eigenvalue weighted by Gasteiger charge is -2.35. The van der Waals surface area contributed by atoms with Gasteiger partial charge >= 0.3 is 12.1 Å². The molecule has 0 saturated carbocycles. The minimum absolute atomic E-state index is 0.0217. The van der Waals surface area contributed by atoms with Crippen LogP contribution in [0.2, 0.25) is 0 Å². The number of hydrogen-bond donors (Lipinski definition) is 2. The second-order valence-corrected chi connectivity index (χ2v) is 9.61. The molecule has 2 aromatic rings. The van der Waals surface area contributed by atoms with Gasteiger partial charge in [-0.05, 0) is 47.4 Å². The lowest BCUT2D eigenvalue weighted by molar-refractivity contribution is -0.148.